The Bertz CT molecular complexity index is 770. The van der Waals surface area contributed by atoms with Gasteiger partial charge in [0, 0.05) is 47.8 Å². The minimum absolute atomic E-state index is 0.0936. The Morgan fingerprint density at radius 1 is 1.19 bits per heavy atom. The molecule has 1 amide bonds. The fraction of sp³-hybridized carbons (Fsp3) is 0.133. The first-order chi connectivity index (χ1) is 10.2. The topological polar surface area (TPSA) is 59.3 Å². The lowest BCUT2D eigenvalue weighted by Gasteiger charge is -2.03. The summed E-state index contributed by atoms with van der Waals surface area (Å²) in [6, 6.07) is 7.29. The van der Waals surface area contributed by atoms with Crippen LogP contribution < -0.4 is 5.32 Å². The van der Waals surface area contributed by atoms with E-state index >= 15 is 0 Å². The van der Waals surface area contributed by atoms with Crippen LogP contribution in [0.25, 0.3) is 5.65 Å². The molecule has 106 valence electrons. The molecule has 3 aromatic rings. The predicted molar refractivity (Wildman–Crippen MR) is 83.2 cm³/mol. The molecule has 0 bridgehead atoms. The highest BCUT2D eigenvalue weighted by Gasteiger charge is 2.05. The second-order valence-corrected chi connectivity index (χ2v) is 5.50. The zero-order valence-corrected chi connectivity index (χ0v) is 12.7. The van der Waals surface area contributed by atoms with E-state index in [1.54, 1.807) is 24.5 Å². The lowest BCUT2D eigenvalue weighted by Crippen LogP contribution is -2.25. The number of fused-ring (bicyclic) bond motifs is 1. The van der Waals surface area contributed by atoms with Crippen LogP contribution in [0.1, 0.15) is 16.1 Å². The standard InChI is InChI=1S/C15H13BrN4O/c16-12-1-2-14-19-13(10-20(14)9-12)5-8-18-15(21)11-3-6-17-7-4-11/h1-4,6-7,9-10H,5,8H2,(H,18,21). The van der Waals surface area contributed by atoms with Crippen LogP contribution in [-0.2, 0) is 6.42 Å². The van der Waals surface area contributed by atoms with Crippen molar-refractivity contribution in [3.63, 3.8) is 0 Å². The Morgan fingerprint density at radius 2 is 2.00 bits per heavy atom. The minimum atomic E-state index is -0.0936. The molecule has 0 saturated carbocycles. The van der Waals surface area contributed by atoms with Gasteiger partial charge in [-0.3, -0.25) is 9.78 Å². The Morgan fingerprint density at radius 3 is 2.81 bits per heavy atom. The largest absolute Gasteiger partial charge is 0.352 e. The Kier molecular flexibility index (Phi) is 3.96. The van der Waals surface area contributed by atoms with Crippen molar-refractivity contribution in [3.05, 3.63) is 64.8 Å². The van der Waals surface area contributed by atoms with Crippen LogP contribution in [0.3, 0.4) is 0 Å². The van der Waals surface area contributed by atoms with Gasteiger partial charge >= 0.3 is 0 Å². The lowest BCUT2D eigenvalue weighted by atomic mass is 10.2. The normalized spacial score (nSPS) is 10.7. The summed E-state index contributed by atoms with van der Waals surface area (Å²) in [6.45, 7) is 0.548. The molecule has 0 saturated heterocycles. The molecule has 0 unspecified atom stereocenters. The number of nitrogens with one attached hydrogen (secondary N) is 1. The number of pyridine rings is 2. The highest BCUT2D eigenvalue weighted by atomic mass is 79.9. The smallest absolute Gasteiger partial charge is 0.251 e. The Labute approximate surface area is 130 Å². The van der Waals surface area contributed by atoms with Gasteiger partial charge in [-0.25, -0.2) is 4.98 Å². The highest BCUT2D eigenvalue weighted by molar-refractivity contribution is 9.10. The summed E-state index contributed by atoms with van der Waals surface area (Å²) in [6.07, 6.45) is 7.83. The third kappa shape index (κ3) is 3.28. The number of imidazole rings is 1. The van der Waals surface area contributed by atoms with E-state index in [1.807, 2.05) is 28.9 Å². The van der Waals surface area contributed by atoms with Crippen molar-refractivity contribution >= 4 is 27.5 Å². The molecule has 0 aliphatic carbocycles. The molecule has 0 fully saturated rings. The van der Waals surface area contributed by atoms with Crippen molar-refractivity contribution in [2.45, 2.75) is 6.42 Å². The van der Waals surface area contributed by atoms with E-state index in [0.29, 0.717) is 18.5 Å². The van der Waals surface area contributed by atoms with Gasteiger partial charge in [-0.15, -0.1) is 0 Å². The van der Waals surface area contributed by atoms with Crippen LogP contribution >= 0.6 is 15.9 Å². The Balaban J connectivity index is 1.60. The number of nitrogens with zero attached hydrogens (tertiary/aromatic N) is 3. The monoisotopic (exact) mass is 344 g/mol. The molecule has 0 aromatic carbocycles. The van der Waals surface area contributed by atoms with Crippen molar-refractivity contribution in [2.75, 3.05) is 6.54 Å². The van der Waals surface area contributed by atoms with Crippen molar-refractivity contribution in [1.29, 1.82) is 0 Å². The third-order valence-electron chi connectivity index (χ3n) is 3.07. The average molecular weight is 345 g/mol. The van der Waals surface area contributed by atoms with Crippen molar-refractivity contribution in [1.82, 2.24) is 19.7 Å². The molecular weight excluding hydrogens is 332 g/mol. The second kappa shape index (κ2) is 6.05. The fourth-order valence-corrected chi connectivity index (χ4v) is 2.40. The van der Waals surface area contributed by atoms with Crippen molar-refractivity contribution in [2.24, 2.45) is 0 Å². The molecule has 0 aliphatic rings. The van der Waals surface area contributed by atoms with E-state index in [2.05, 4.69) is 31.2 Å². The summed E-state index contributed by atoms with van der Waals surface area (Å²) in [4.78, 5) is 20.3. The molecule has 0 aliphatic heterocycles. The first-order valence-corrected chi connectivity index (χ1v) is 7.33. The van der Waals surface area contributed by atoms with Crippen LogP contribution in [0.5, 0.6) is 0 Å². The number of carbonyl (C=O) groups excluding carboxylic acids is 1. The molecule has 0 radical (unpaired) electrons. The van der Waals surface area contributed by atoms with Crippen LogP contribution in [0.15, 0.2) is 53.5 Å². The number of aromatic nitrogens is 3. The van der Waals surface area contributed by atoms with E-state index in [1.165, 1.54) is 0 Å². The number of hydrogen-bond donors (Lipinski definition) is 1. The maximum atomic E-state index is 11.9. The zero-order chi connectivity index (χ0) is 14.7. The van der Waals surface area contributed by atoms with Gasteiger partial charge in [0.25, 0.3) is 5.91 Å². The SMILES string of the molecule is O=C(NCCc1cn2cc(Br)ccc2n1)c1ccncc1. The number of rotatable bonds is 4. The molecule has 3 heterocycles. The number of carbonyl (C=O) groups is 1. The molecule has 21 heavy (non-hydrogen) atoms. The van der Waals surface area contributed by atoms with Gasteiger partial charge in [0.05, 0.1) is 5.69 Å². The maximum absolute atomic E-state index is 11.9. The van der Waals surface area contributed by atoms with Gasteiger partial charge in [0.15, 0.2) is 0 Å². The van der Waals surface area contributed by atoms with E-state index in [9.17, 15) is 4.79 Å². The van der Waals surface area contributed by atoms with E-state index in [0.717, 1.165) is 15.8 Å². The van der Waals surface area contributed by atoms with Gasteiger partial charge in [0.2, 0.25) is 0 Å². The number of halogens is 1. The summed E-state index contributed by atoms with van der Waals surface area (Å²) in [5, 5.41) is 2.88. The summed E-state index contributed by atoms with van der Waals surface area (Å²) >= 11 is 3.43. The van der Waals surface area contributed by atoms with E-state index in [-0.39, 0.29) is 5.91 Å². The minimum Gasteiger partial charge on any atom is -0.352 e. The first-order valence-electron chi connectivity index (χ1n) is 6.54. The fourth-order valence-electron chi connectivity index (χ4n) is 2.05. The molecular formula is C15H13BrN4O. The quantitative estimate of drug-likeness (QED) is 0.790. The van der Waals surface area contributed by atoms with Gasteiger partial charge in [-0.2, -0.15) is 0 Å². The van der Waals surface area contributed by atoms with Crippen LogP contribution in [0, 0.1) is 0 Å². The van der Waals surface area contributed by atoms with Crippen molar-refractivity contribution < 1.29 is 4.79 Å². The second-order valence-electron chi connectivity index (χ2n) is 4.59. The number of amides is 1. The third-order valence-corrected chi connectivity index (χ3v) is 3.54. The zero-order valence-electron chi connectivity index (χ0n) is 11.2. The van der Waals surface area contributed by atoms with Crippen molar-refractivity contribution in [3.8, 4) is 0 Å². The molecule has 6 heteroatoms. The number of hydrogen-bond acceptors (Lipinski definition) is 3. The molecule has 0 spiro atoms. The van der Waals surface area contributed by atoms with Crippen LogP contribution in [-0.4, -0.2) is 26.8 Å². The maximum Gasteiger partial charge on any atom is 0.251 e. The Hall–Kier alpha value is -2.21. The molecule has 1 N–H and O–H groups in total. The molecule has 3 rings (SSSR count). The van der Waals surface area contributed by atoms with E-state index < -0.39 is 0 Å². The predicted octanol–water partition coefficient (Wildman–Crippen LogP) is 2.46. The van der Waals surface area contributed by atoms with Gasteiger partial charge < -0.3 is 9.72 Å². The van der Waals surface area contributed by atoms with E-state index in [4.69, 9.17) is 0 Å². The van der Waals surface area contributed by atoms with Crippen LogP contribution in [0.2, 0.25) is 0 Å². The summed E-state index contributed by atoms with van der Waals surface area (Å²) in [5.74, 6) is -0.0936. The summed E-state index contributed by atoms with van der Waals surface area (Å²) < 4.78 is 2.97. The summed E-state index contributed by atoms with van der Waals surface area (Å²) in [7, 11) is 0. The molecule has 3 aromatic heterocycles. The molecule has 0 atom stereocenters. The first kappa shape index (κ1) is 13.8. The van der Waals surface area contributed by atoms with Gasteiger partial charge in [-0.1, -0.05) is 0 Å². The van der Waals surface area contributed by atoms with Crippen LogP contribution in [0.4, 0.5) is 0 Å². The molecule has 5 nitrogen and oxygen atoms in total. The summed E-state index contributed by atoms with van der Waals surface area (Å²) in [5.41, 5.74) is 2.46. The van der Waals surface area contributed by atoms with Gasteiger partial charge in [0.1, 0.15) is 5.65 Å². The van der Waals surface area contributed by atoms with Gasteiger partial charge in [-0.05, 0) is 40.2 Å². The average Bonchev–Trinajstić information content (AvgIpc) is 2.89. The highest BCUT2D eigenvalue weighted by Crippen LogP contribution is 2.12. The lowest BCUT2D eigenvalue weighted by molar-refractivity contribution is 0.0954.